The van der Waals surface area contributed by atoms with Gasteiger partial charge in [0.2, 0.25) is 5.16 Å². The van der Waals surface area contributed by atoms with Crippen molar-refractivity contribution in [1.82, 2.24) is 9.97 Å². The summed E-state index contributed by atoms with van der Waals surface area (Å²) in [6.07, 6.45) is 4.14. The molecule has 1 saturated heterocycles. The molecule has 1 aliphatic heterocycles. The average molecular weight is 734 g/mol. The first-order valence-electron chi connectivity index (χ1n) is 17.7. The fourth-order valence-electron chi connectivity index (χ4n) is 8.37. The molecule has 2 fully saturated rings. The van der Waals surface area contributed by atoms with Crippen molar-refractivity contribution in [1.29, 1.82) is 0 Å². The number of halogens is 1. The van der Waals surface area contributed by atoms with Gasteiger partial charge in [0, 0.05) is 42.0 Å². The highest BCUT2D eigenvalue weighted by molar-refractivity contribution is 7.84. The average Bonchev–Trinajstić information content (AvgIpc) is 3.86. The highest BCUT2D eigenvalue weighted by atomic mass is 32.2. The zero-order chi connectivity index (χ0) is 37.0. The third kappa shape index (κ3) is 6.51. The first kappa shape index (κ1) is 37.1. The van der Waals surface area contributed by atoms with Crippen LogP contribution in [0.25, 0.3) is 33.0 Å². The molecule has 0 amide bonds. The van der Waals surface area contributed by atoms with Crippen LogP contribution >= 0.6 is 0 Å². The molecule has 12 heteroatoms. The molecule has 0 bridgehead atoms. The summed E-state index contributed by atoms with van der Waals surface area (Å²) < 4.78 is 46.4. The molecule has 2 aromatic carbocycles. The minimum absolute atomic E-state index is 0.0313. The Morgan fingerprint density at radius 1 is 1.10 bits per heavy atom. The zero-order valence-electron chi connectivity index (χ0n) is 31.0. The number of aryl methyl sites for hydroxylation is 1. The second kappa shape index (κ2) is 14.1. The minimum atomic E-state index is -2.26. The number of piperidine rings is 1. The molecule has 1 N–H and O–H groups in total. The molecular formula is C39H48FN3O6SSi. The summed E-state index contributed by atoms with van der Waals surface area (Å²) in [5.74, 6) is 3.78. The van der Waals surface area contributed by atoms with Gasteiger partial charge in [-0.1, -0.05) is 53.5 Å². The topological polar surface area (TPSA) is 115 Å². The summed E-state index contributed by atoms with van der Waals surface area (Å²) in [7, 11) is -2.33. The van der Waals surface area contributed by atoms with E-state index in [-0.39, 0.29) is 34.2 Å². The van der Waals surface area contributed by atoms with Crippen LogP contribution in [0.1, 0.15) is 78.4 Å². The van der Waals surface area contributed by atoms with Crippen molar-refractivity contribution in [3.63, 3.8) is 0 Å². The van der Waals surface area contributed by atoms with Crippen LogP contribution in [0.2, 0.25) is 16.6 Å². The maximum absolute atomic E-state index is 16.1. The highest BCUT2D eigenvalue weighted by Gasteiger charge is 2.52. The maximum atomic E-state index is 16.1. The van der Waals surface area contributed by atoms with Crippen LogP contribution < -0.4 is 15.3 Å². The van der Waals surface area contributed by atoms with Gasteiger partial charge < -0.3 is 23.9 Å². The fraction of sp³-hybridized carbons (Fsp3) is 0.513. The Morgan fingerprint density at radius 3 is 2.39 bits per heavy atom. The molecular weight excluding hydrogens is 686 g/mol. The molecule has 2 aliphatic rings. The lowest BCUT2D eigenvalue weighted by molar-refractivity contribution is 0.0512. The summed E-state index contributed by atoms with van der Waals surface area (Å²) in [4.78, 5) is 25.6. The van der Waals surface area contributed by atoms with Crippen LogP contribution in [0.4, 0.5) is 10.2 Å². The van der Waals surface area contributed by atoms with Crippen LogP contribution in [-0.4, -0.2) is 65.7 Å². The van der Waals surface area contributed by atoms with E-state index in [0.717, 1.165) is 19.3 Å². The lowest BCUT2D eigenvalue weighted by Crippen LogP contribution is -2.48. The minimum Gasteiger partial charge on any atom is -0.468 e. The highest BCUT2D eigenvalue weighted by Crippen LogP contribution is 2.51. The van der Waals surface area contributed by atoms with E-state index in [4.69, 9.17) is 13.9 Å². The molecule has 0 radical (unpaired) electrons. The molecule has 1 saturated carbocycles. The van der Waals surface area contributed by atoms with Gasteiger partial charge in [-0.2, -0.15) is 0 Å². The third-order valence-corrected chi connectivity index (χ3v) is 18.1. The Labute approximate surface area is 302 Å². The van der Waals surface area contributed by atoms with E-state index >= 15 is 4.39 Å². The summed E-state index contributed by atoms with van der Waals surface area (Å²) in [6, 6.07) is 6.58. The molecule has 9 nitrogen and oxygen atoms in total. The number of β-amino-alcohol motifs (C(OH)–C–C–N with tert-alkyl or cyclic N) is 1. The molecule has 1 spiro atoms. The van der Waals surface area contributed by atoms with Crippen LogP contribution in [0.3, 0.4) is 0 Å². The van der Waals surface area contributed by atoms with Gasteiger partial charge in [-0.15, -0.1) is 5.54 Å². The first-order valence-corrected chi connectivity index (χ1v) is 21.5. The second-order valence-electron chi connectivity index (χ2n) is 15.1. The van der Waals surface area contributed by atoms with Gasteiger partial charge in [-0.3, -0.25) is 4.21 Å². The Morgan fingerprint density at radius 2 is 1.78 bits per heavy atom. The number of hydrogen-bond donors (Lipinski definition) is 1. The Balaban J connectivity index is 1.68. The number of hydrogen-bond acceptors (Lipinski definition) is 9. The lowest BCUT2D eigenvalue weighted by Gasteiger charge is -2.39. The van der Waals surface area contributed by atoms with E-state index in [0.29, 0.717) is 68.6 Å². The van der Waals surface area contributed by atoms with Crippen LogP contribution in [0, 0.1) is 24.2 Å². The molecule has 2 atom stereocenters. The Kier molecular flexibility index (Phi) is 10.2. The molecule has 2 unspecified atom stereocenters. The Bertz CT molecular complexity index is 2130. The van der Waals surface area contributed by atoms with E-state index in [1.807, 2.05) is 4.90 Å². The van der Waals surface area contributed by atoms with Crippen LogP contribution in [0.5, 0.6) is 5.75 Å². The normalized spacial score (nSPS) is 17.8. The van der Waals surface area contributed by atoms with E-state index in [2.05, 4.69) is 63.0 Å². The van der Waals surface area contributed by atoms with Gasteiger partial charge in [0.15, 0.2) is 6.79 Å². The quantitative estimate of drug-likeness (QED) is 0.0803. The molecule has 6 rings (SSSR count). The molecule has 3 heterocycles. The number of nitrogens with zero attached hydrogens (tertiary/aromatic N) is 3. The van der Waals surface area contributed by atoms with Gasteiger partial charge in [0.1, 0.15) is 36.6 Å². The van der Waals surface area contributed by atoms with E-state index in [1.165, 1.54) is 19.4 Å². The maximum Gasteiger partial charge on any atom is 0.349 e. The SMILES string of the molecule is COCOc1cc(-c2oc(=O)c3c(N4CC(O)CCC45CC5)nc(S(C)=O)nc3c2C)c2c(C#C[Si](C(C)C)(C(C)C)C(C)C)c(F)ccc2c1. The smallest absolute Gasteiger partial charge is 0.349 e. The zero-order valence-corrected chi connectivity index (χ0v) is 32.8. The van der Waals surface area contributed by atoms with Crippen LogP contribution in [-0.2, 0) is 15.5 Å². The van der Waals surface area contributed by atoms with Crippen molar-refractivity contribution < 1.29 is 27.6 Å². The number of aliphatic hydroxyl groups is 1. The molecule has 1 aliphatic carbocycles. The van der Waals surface area contributed by atoms with E-state index in [1.54, 1.807) is 25.1 Å². The van der Waals surface area contributed by atoms with E-state index in [9.17, 15) is 14.1 Å². The molecule has 2 aromatic heterocycles. The lowest BCUT2D eigenvalue weighted by atomic mass is 9.94. The number of ether oxygens (including phenoxy) is 2. The summed E-state index contributed by atoms with van der Waals surface area (Å²) in [5.41, 5.74) is 5.18. The fourth-order valence-corrected chi connectivity index (χ4v) is 14.0. The Hall–Kier alpha value is -3.63. The van der Waals surface area contributed by atoms with Crippen LogP contribution in [0.15, 0.2) is 38.6 Å². The van der Waals surface area contributed by atoms with E-state index < -0.39 is 36.4 Å². The van der Waals surface area contributed by atoms with Gasteiger partial charge in [0.05, 0.1) is 28.0 Å². The molecule has 4 aromatic rings. The van der Waals surface area contributed by atoms with Crippen molar-refractivity contribution >= 4 is 46.4 Å². The van der Waals surface area contributed by atoms with Gasteiger partial charge in [0.25, 0.3) is 0 Å². The standard InChI is InChI=1S/C39H48FN3O6SSi/c1-22(2)51(23(3)4,24(5)6)17-13-29-31(40)11-10-26-18-28(48-21-47-8)19-30(32(26)29)35-25(7)34-33(37(45)49-35)36(42-38(41-34)50(9)46)43-20-27(44)12-14-39(43)15-16-39/h10-11,18-19,22-24,27,44H,12,14-16,20-21H2,1-9H3. The summed E-state index contributed by atoms with van der Waals surface area (Å²) >= 11 is 0. The largest absolute Gasteiger partial charge is 0.468 e. The van der Waals surface area contributed by atoms with Crippen molar-refractivity contribution in [3.05, 3.63) is 51.6 Å². The second-order valence-corrected chi connectivity index (χ2v) is 21.9. The van der Waals surface area contributed by atoms with Gasteiger partial charge in [-0.25, -0.2) is 19.2 Å². The number of benzene rings is 2. The summed E-state index contributed by atoms with van der Waals surface area (Å²) in [6.45, 7) is 15.3. The number of anilines is 1. The van der Waals surface area contributed by atoms with Gasteiger partial charge >= 0.3 is 5.63 Å². The number of methoxy groups -OCH3 is 1. The molecule has 272 valence electrons. The van der Waals surface area contributed by atoms with Crippen molar-refractivity contribution in [2.24, 2.45) is 0 Å². The summed E-state index contributed by atoms with van der Waals surface area (Å²) in [5, 5.41) is 12.1. The number of aromatic nitrogens is 2. The van der Waals surface area contributed by atoms with Crippen molar-refractivity contribution in [2.45, 2.75) is 108 Å². The van der Waals surface area contributed by atoms with Crippen molar-refractivity contribution in [2.75, 3.05) is 31.6 Å². The third-order valence-electron chi connectivity index (χ3n) is 11.1. The number of rotatable bonds is 9. The monoisotopic (exact) mass is 733 g/mol. The predicted octanol–water partition coefficient (Wildman–Crippen LogP) is 7.63. The van der Waals surface area contributed by atoms with Crippen molar-refractivity contribution in [3.8, 4) is 28.5 Å². The number of aliphatic hydroxyl groups excluding tert-OH is 1. The first-order chi connectivity index (χ1) is 24.1. The number of fused-ring (bicyclic) bond motifs is 2. The predicted molar refractivity (Wildman–Crippen MR) is 203 cm³/mol. The molecule has 51 heavy (non-hydrogen) atoms. The van der Waals surface area contributed by atoms with Gasteiger partial charge in [-0.05, 0) is 72.8 Å².